The van der Waals surface area contributed by atoms with Crippen molar-refractivity contribution in [2.24, 2.45) is 23.0 Å². The molecular formula is C38H46FN7O4. The number of methoxy groups -OCH3 is 2. The Labute approximate surface area is 290 Å². The second kappa shape index (κ2) is 11.0. The molecule has 4 bridgehead atoms. The first kappa shape index (κ1) is 31.9. The summed E-state index contributed by atoms with van der Waals surface area (Å²) in [6, 6.07) is 9.25. The Hall–Kier alpha value is -4.03. The summed E-state index contributed by atoms with van der Waals surface area (Å²) >= 11 is 0. The first-order valence-corrected chi connectivity index (χ1v) is 18.1. The maximum atomic E-state index is 14.2. The third kappa shape index (κ3) is 4.66. The van der Waals surface area contributed by atoms with Gasteiger partial charge in [-0.15, -0.1) is 0 Å². The number of pyridine rings is 2. The Morgan fingerprint density at radius 3 is 2.56 bits per heavy atom. The van der Waals surface area contributed by atoms with Crippen molar-refractivity contribution in [3.8, 4) is 17.3 Å². The summed E-state index contributed by atoms with van der Waals surface area (Å²) in [5.41, 5.74) is 10.4. The van der Waals surface area contributed by atoms with Crippen LogP contribution in [0, 0.1) is 24.2 Å². The Balaban J connectivity index is 1.07. The number of hydrogen-bond donors (Lipinski definition) is 2. The van der Waals surface area contributed by atoms with Crippen LogP contribution in [0.2, 0.25) is 0 Å². The highest BCUT2D eigenvalue weighted by Crippen LogP contribution is 2.69. The van der Waals surface area contributed by atoms with Crippen LogP contribution in [0.5, 0.6) is 5.88 Å². The van der Waals surface area contributed by atoms with E-state index in [-0.39, 0.29) is 48.0 Å². The zero-order valence-corrected chi connectivity index (χ0v) is 29.4. The van der Waals surface area contributed by atoms with Crippen molar-refractivity contribution in [3.05, 3.63) is 47.3 Å². The maximum absolute atomic E-state index is 14.2. The topological polar surface area (TPSA) is 129 Å². The first-order valence-electron chi connectivity index (χ1n) is 18.1. The highest BCUT2D eigenvalue weighted by Gasteiger charge is 2.72. The summed E-state index contributed by atoms with van der Waals surface area (Å²) in [5, 5.41) is 4.10. The molecule has 2 saturated heterocycles. The molecule has 0 aromatic carbocycles. The number of alkyl halides is 1. The van der Waals surface area contributed by atoms with Crippen molar-refractivity contribution in [3.63, 3.8) is 0 Å². The lowest BCUT2D eigenvalue weighted by molar-refractivity contribution is -0.214. The normalized spacial score (nSPS) is 31.8. The number of carbonyl (C=O) groups is 2. The summed E-state index contributed by atoms with van der Waals surface area (Å²) in [4.78, 5) is 39.5. The average Bonchev–Trinajstić information content (AvgIpc) is 3.66. The van der Waals surface area contributed by atoms with Gasteiger partial charge in [0.2, 0.25) is 5.91 Å². The molecule has 6 heterocycles. The highest BCUT2D eigenvalue weighted by atomic mass is 19.1. The monoisotopic (exact) mass is 683 g/mol. The number of ether oxygens (including phenoxy) is 2. The van der Waals surface area contributed by atoms with Crippen LogP contribution < -0.4 is 15.8 Å². The van der Waals surface area contributed by atoms with E-state index in [1.54, 1.807) is 14.2 Å². The number of hydrogen-bond acceptors (Lipinski definition) is 7. The Morgan fingerprint density at radius 2 is 1.88 bits per heavy atom. The van der Waals surface area contributed by atoms with E-state index in [4.69, 9.17) is 25.2 Å². The van der Waals surface area contributed by atoms with E-state index in [2.05, 4.69) is 28.9 Å². The Morgan fingerprint density at radius 1 is 1.12 bits per heavy atom. The smallest absolute Gasteiger partial charge is 0.254 e. The van der Waals surface area contributed by atoms with Crippen molar-refractivity contribution < 1.29 is 23.5 Å². The molecule has 264 valence electrons. The lowest BCUT2D eigenvalue weighted by Crippen LogP contribution is -2.70. The molecule has 4 aliphatic carbocycles. The number of halogens is 1. The predicted octanol–water partition coefficient (Wildman–Crippen LogP) is 5.11. The van der Waals surface area contributed by atoms with Crippen molar-refractivity contribution >= 4 is 28.5 Å². The van der Waals surface area contributed by atoms with Crippen LogP contribution >= 0.6 is 0 Å². The molecular weight excluding hydrogens is 637 g/mol. The van der Waals surface area contributed by atoms with E-state index in [0.29, 0.717) is 42.3 Å². The van der Waals surface area contributed by atoms with E-state index in [0.717, 1.165) is 53.2 Å². The summed E-state index contributed by atoms with van der Waals surface area (Å²) in [6.45, 7) is 6.95. The molecule has 4 aromatic rings. The highest BCUT2D eigenvalue weighted by molar-refractivity contribution is 5.97. The van der Waals surface area contributed by atoms with Crippen LogP contribution in [0.25, 0.3) is 28.1 Å². The molecule has 1 unspecified atom stereocenters. The zero-order valence-electron chi connectivity index (χ0n) is 29.4. The van der Waals surface area contributed by atoms with Crippen molar-refractivity contribution in [2.45, 2.75) is 108 Å². The minimum absolute atomic E-state index is 0.0589. The van der Waals surface area contributed by atoms with Crippen LogP contribution in [-0.4, -0.2) is 79.8 Å². The number of nitrogens with two attached hydrogens (primary N) is 1. The van der Waals surface area contributed by atoms with E-state index >= 15 is 0 Å². The molecule has 6 atom stereocenters. The molecule has 6 fully saturated rings. The molecule has 10 rings (SSSR count). The third-order valence-corrected chi connectivity index (χ3v) is 12.6. The lowest BCUT2D eigenvalue weighted by atomic mass is 9.42. The van der Waals surface area contributed by atoms with Crippen LogP contribution in [0.3, 0.4) is 0 Å². The number of imidazole rings is 1. The number of rotatable bonds is 9. The van der Waals surface area contributed by atoms with Gasteiger partial charge in [0.1, 0.15) is 22.7 Å². The number of amides is 2. The summed E-state index contributed by atoms with van der Waals surface area (Å²) in [5.74, 6) is 1.25. The number of piperidine rings is 1. The summed E-state index contributed by atoms with van der Waals surface area (Å²) < 4.78 is 29.9. The second-order valence-electron chi connectivity index (χ2n) is 16.1. The van der Waals surface area contributed by atoms with Crippen molar-refractivity contribution in [1.29, 1.82) is 0 Å². The number of carbonyl (C=O) groups excluding carboxylic acids is 2. The predicted molar refractivity (Wildman–Crippen MR) is 186 cm³/mol. The van der Waals surface area contributed by atoms with E-state index < -0.39 is 11.1 Å². The minimum Gasteiger partial charge on any atom is -0.482 e. The lowest BCUT2D eigenvalue weighted by Gasteiger charge is -2.64. The van der Waals surface area contributed by atoms with Crippen LogP contribution in [-0.2, 0) is 16.1 Å². The fourth-order valence-corrected chi connectivity index (χ4v) is 9.77. The number of nitrogens with one attached hydrogen (secondary N) is 1. The number of aryl methyl sites for hydroxylation is 1. The second-order valence-corrected chi connectivity index (χ2v) is 16.1. The molecule has 3 N–H and O–H groups in total. The van der Waals surface area contributed by atoms with Gasteiger partial charge in [0.25, 0.3) is 5.91 Å². The van der Waals surface area contributed by atoms with Crippen LogP contribution in [0.4, 0.5) is 4.39 Å². The van der Waals surface area contributed by atoms with Crippen molar-refractivity contribution in [2.75, 3.05) is 14.2 Å². The third-order valence-electron chi connectivity index (χ3n) is 12.6. The molecule has 4 saturated carbocycles. The fraction of sp³-hybridized carbons (Fsp3) is 0.579. The van der Waals surface area contributed by atoms with E-state index in [1.165, 1.54) is 12.8 Å². The quantitative estimate of drug-likeness (QED) is 0.251. The molecule has 0 spiro atoms. The molecule has 2 aliphatic heterocycles. The molecule has 2 amide bonds. The molecule has 12 heteroatoms. The minimum atomic E-state index is -1.12. The van der Waals surface area contributed by atoms with Gasteiger partial charge in [-0.25, -0.2) is 14.4 Å². The first-order chi connectivity index (χ1) is 23.9. The molecule has 11 nitrogen and oxygen atoms in total. The van der Waals surface area contributed by atoms with Gasteiger partial charge in [-0.1, -0.05) is 6.92 Å². The molecule has 4 aromatic heterocycles. The van der Waals surface area contributed by atoms with Gasteiger partial charge in [-0.2, -0.15) is 0 Å². The number of nitrogens with zero attached hydrogens (tertiary/aromatic N) is 5. The van der Waals surface area contributed by atoms with Gasteiger partial charge in [0.05, 0.1) is 53.8 Å². The molecule has 0 radical (unpaired) electrons. The number of aromatic nitrogens is 4. The Bertz CT molecular complexity index is 2050. The standard InChI is InChI=1S/C38H46FN7O4/c1-19-10-25-14-28(49-4)31(40)33(19)46(25)35(47)24-12-29-43-32(21(3)45(29)30(13-24)50-5)27-11-23-8-9-26(42-34(23)44(27)15-22-6-7-22)20(2)41-36(48)37-16-38(39,17-37)18-37/h8-9,11-13,19-20,22,25,28,31,33H,6-7,10,14-18,40H2,1-5H3,(H,41,48)/t19-,20-,25+,28-,31-,33?,37?,38?/m1/s1. The fourth-order valence-electron chi connectivity index (χ4n) is 9.77. The zero-order chi connectivity index (χ0) is 34.9. The molecule has 50 heavy (non-hydrogen) atoms. The summed E-state index contributed by atoms with van der Waals surface area (Å²) in [7, 11) is 3.32. The average molecular weight is 684 g/mol. The van der Waals surface area contributed by atoms with Gasteiger partial charge < -0.3 is 30.0 Å². The van der Waals surface area contributed by atoms with Gasteiger partial charge >= 0.3 is 0 Å². The maximum Gasteiger partial charge on any atom is 0.254 e. The Kier molecular flexibility index (Phi) is 7.01. The van der Waals surface area contributed by atoms with Gasteiger partial charge in [-0.05, 0) is 94.9 Å². The van der Waals surface area contributed by atoms with Crippen LogP contribution in [0.15, 0.2) is 30.3 Å². The number of fused-ring (bicyclic) bond motifs is 4. The van der Waals surface area contributed by atoms with Crippen molar-refractivity contribution in [1.82, 2.24) is 29.2 Å². The summed E-state index contributed by atoms with van der Waals surface area (Å²) in [6.07, 6.45) is 4.90. The van der Waals surface area contributed by atoms with E-state index in [1.807, 2.05) is 41.3 Å². The van der Waals surface area contributed by atoms with Gasteiger partial charge in [0, 0.05) is 36.7 Å². The van der Waals surface area contributed by atoms with Gasteiger partial charge in [-0.3, -0.25) is 14.0 Å². The van der Waals surface area contributed by atoms with Crippen LogP contribution in [0.1, 0.15) is 86.6 Å². The van der Waals surface area contributed by atoms with Gasteiger partial charge in [0.15, 0.2) is 5.88 Å². The largest absolute Gasteiger partial charge is 0.482 e. The van der Waals surface area contributed by atoms with E-state index in [9.17, 15) is 14.0 Å². The SMILES string of the molecule is COc1cc(C(=O)N2C3[C@H](C)C[C@H]2C[C@@H](OC)[C@H]3N)cc2nc(-c3cc4ccc([C@@H](C)NC(=O)C56CC(F)(C5)C6)nc4n3CC3CC3)c(C)n12. The molecule has 6 aliphatic rings.